The minimum Gasteiger partial charge on any atom is -0.323 e. The molecule has 0 amide bonds. The van der Waals surface area contributed by atoms with E-state index in [9.17, 15) is 0 Å². The van der Waals surface area contributed by atoms with Crippen molar-refractivity contribution < 1.29 is 0 Å². The fraction of sp³-hybridized carbons (Fsp3) is 0.333. The molecule has 1 aromatic heterocycles. The number of hydrogen-bond acceptors (Lipinski definition) is 2. The molecule has 0 aliphatic carbocycles. The first kappa shape index (κ1) is 12.3. The van der Waals surface area contributed by atoms with E-state index in [0.29, 0.717) is 0 Å². The lowest BCUT2D eigenvalue weighted by atomic mass is 10.0. The molecule has 90 valence electrons. The lowest BCUT2D eigenvalue weighted by Crippen LogP contribution is -2.05. The molecule has 2 rings (SSSR count). The van der Waals surface area contributed by atoms with Crippen LogP contribution in [0.25, 0.3) is 10.4 Å². The summed E-state index contributed by atoms with van der Waals surface area (Å²) < 4.78 is 0. The van der Waals surface area contributed by atoms with Crippen LogP contribution in [-0.2, 0) is 6.42 Å². The van der Waals surface area contributed by atoms with Crippen molar-refractivity contribution >= 4 is 11.3 Å². The Balaban J connectivity index is 2.37. The van der Waals surface area contributed by atoms with Crippen molar-refractivity contribution in [2.24, 2.45) is 5.73 Å². The summed E-state index contributed by atoms with van der Waals surface area (Å²) in [6, 6.07) is 13.2. The second kappa shape index (κ2) is 5.48. The zero-order valence-corrected chi connectivity index (χ0v) is 11.3. The van der Waals surface area contributed by atoms with Crippen LogP contribution in [0.15, 0.2) is 36.4 Å². The fourth-order valence-electron chi connectivity index (χ4n) is 1.97. The fourth-order valence-corrected chi connectivity index (χ4v) is 3.12. The van der Waals surface area contributed by atoms with Gasteiger partial charge in [-0.05, 0) is 36.1 Å². The van der Waals surface area contributed by atoms with Crippen LogP contribution >= 0.6 is 11.3 Å². The Hall–Kier alpha value is -1.12. The van der Waals surface area contributed by atoms with Gasteiger partial charge in [-0.3, -0.25) is 0 Å². The van der Waals surface area contributed by atoms with Gasteiger partial charge in [0.25, 0.3) is 0 Å². The minimum atomic E-state index is 0.183. The average Bonchev–Trinajstić information content (AvgIpc) is 2.87. The van der Waals surface area contributed by atoms with Crippen molar-refractivity contribution in [3.05, 3.63) is 46.8 Å². The molecule has 0 saturated heterocycles. The van der Waals surface area contributed by atoms with Crippen LogP contribution in [0, 0.1) is 0 Å². The van der Waals surface area contributed by atoms with E-state index >= 15 is 0 Å². The molecular weight excluding hydrogens is 226 g/mol. The number of aryl methyl sites for hydroxylation is 1. The van der Waals surface area contributed by atoms with Crippen LogP contribution in [0.1, 0.15) is 36.8 Å². The van der Waals surface area contributed by atoms with Crippen LogP contribution in [0.3, 0.4) is 0 Å². The molecule has 0 spiro atoms. The molecule has 0 aliphatic rings. The Kier molecular flexibility index (Phi) is 3.97. The van der Waals surface area contributed by atoms with Gasteiger partial charge in [-0.1, -0.05) is 38.1 Å². The van der Waals surface area contributed by atoms with Crippen LogP contribution in [0.4, 0.5) is 0 Å². The van der Waals surface area contributed by atoms with E-state index in [4.69, 9.17) is 5.73 Å². The molecule has 2 heteroatoms. The van der Waals surface area contributed by atoms with E-state index in [2.05, 4.69) is 50.2 Å². The summed E-state index contributed by atoms with van der Waals surface area (Å²) in [7, 11) is 0. The topological polar surface area (TPSA) is 26.0 Å². The monoisotopic (exact) mass is 245 g/mol. The van der Waals surface area contributed by atoms with Crippen molar-refractivity contribution in [1.82, 2.24) is 0 Å². The van der Waals surface area contributed by atoms with E-state index in [1.807, 2.05) is 11.3 Å². The van der Waals surface area contributed by atoms with E-state index < -0.39 is 0 Å². The third-order valence-electron chi connectivity index (χ3n) is 3.10. The first-order chi connectivity index (χ1) is 8.26. The molecule has 1 aromatic carbocycles. The maximum atomic E-state index is 6.07. The van der Waals surface area contributed by atoms with Gasteiger partial charge in [-0.25, -0.2) is 0 Å². The first-order valence-corrected chi connectivity index (χ1v) is 7.01. The largest absolute Gasteiger partial charge is 0.323 e. The van der Waals surface area contributed by atoms with Gasteiger partial charge in [0.05, 0.1) is 0 Å². The van der Waals surface area contributed by atoms with Crippen LogP contribution in [0.5, 0.6) is 0 Å². The van der Waals surface area contributed by atoms with Gasteiger partial charge in [-0.2, -0.15) is 0 Å². The summed E-state index contributed by atoms with van der Waals surface area (Å²) >= 11 is 1.82. The molecule has 0 aliphatic heterocycles. The van der Waals surface area contributed by atoms with Crippen LogP contribution in [-0.4, -0.2) is 0 Å². The minimum absolute atomic E-state index is 0.183. The third kappa shape index (κ3) is 2.59. The highest BCUT2D eigenvalue weighted by Crippen LogP contribution is 2.33. The van der Waals surface area contributed by atoms with E-state index in [0.717, 1.165) is 12.8 Å². The van der Waals surface area contributed by atoms with Gasteiger partial charge in [-0.15, -0.1) is 11.3 Å². The van der Waals surface area contributed by atoms with Crippen molar-refractivity contribution in [2.75, 3.05) is 0 Å². The van der Waals surface area contributed by atoms with Crippen molar-refractivity contribution in [2.45, 2.75) is 32.7 Å². The van der Waals surface area contributed by atoms with Crippen molar-refractivity contribution in [3.63, 3.8) is 0 Å². The zero-order chi connectivity index (χ0) is 12.3. The molecule has 0 fully saturated rings. The zero-order valence-electron chi connectivity index (χ0n) is 10.4. The highest BCUT2D eigenvalue weighted by Gasteiger charge is 2.10. The van der Waals surface area contributed by atoms with Gasteiger partial charge in [0.2, 0.25) is 0 Å². The number of rotatable bonds is 4. The molecule has 1 nitrogen and oxygen atoms in total. The Labute approximate surface area is 107 Å². The van der Waals surface area contributed by atoms with Gasteiger partial charge in [0.1, 0.15) is 0 Å². The SMILES string of the molecule is CCc1ccccc1-c1ccc(C(N)CC)s1. The molecule has 0 radical (unpaired) electrons. The molecule has 1 unspecified atom stereocenters. The Bertz CT molecular complexity index is 487. The molecule has 0 bridgehead atoms. The molecule has 17 heavy (non-hydrogen) atoms. The number of nitrogens with two attached hydrogens (primary N) is 1. The number of hydrogen-bond donors (Lipinski definition) is 1. The van der Waals surface area contributed by atoms with E-state index in [1.54, 1.807) is 0 Å². The highest BCUT2D eigenvalue weighted by atomic mass is 32.1. The summed E-state index contributed by atoms with van der Waals surface area (Å²) in [6.07, 6.45) is 2.07. The maximum absolute atomic E-state index is 6.07. The predicted octanol–water partition coefficient (Wildman–Crippen LogP) is 4.39. The second-order valence-electron chi connectivity index (χ2n) is 4.23. The summed E-state index contributed by atoms with van der Waals surface area (Å²) in [6.45, 7) is 4.33. The van der Waals surface area contributed by atoms with Gasteiger partial charge < -0.3 is 5.73 Å². The van der Waals surface area contributed by atoms with E-state index in [-0.39, 0.29) is 6.04 Å². The highest BCUT2D eigenvalue weighted by molar-refractivity contribution is 7.15. The summed E-state index contributed by atoms with van der Waals surface area (Å²) in [4.78, 5) is 2.62. The average molecular weight is 245 g/mol. The Morgan fingerprint density at radius 3 is 2.59 bits per heavy atom. The maximum Gasteiger partial charge on any atom is 0.0387 e. The summed E-state index contributed by atoms with van der Waals surface area (Å²) in [5.74, 6) is 0. The standard InChI is InChI=1S/C15H19NS/c1-3-11-7-5-6-8-12(11)14-9-10-15(17-14)13(16)4-2/h5-10,13H,3-4,16H2,1-2H3. The summed E-state index contributed by atoms with van der Waals surface area (Å²) in [5, 5.41) is 0. The lowest BCUT2D eigenvalue weighted by Gasteiger charge is -2.06. The number of benzene rings is 1. The van der Waals surface area contributed by atoms with Crippen molar-refractivity contribution in [3.8, 4) is 10.4 Å². The predicted molar refractivity (Wildman–Crippen MR) is 76.4 cm³/mol. The van der Waals surface area contributed by atoms with Crippen LogP contribution < -0.4 is 5.73 Å². The quantitative estimate of drug-likeness (QED) is 0.849. The van der Waals surface area contributed by atoms with Gasteiger partial charge in [0.15, 0.2) is 0 Å². The molecule has 1 heterocycles. The number of thiophene rings is 1. The third-order valence-corrected chi connectivity index (χ3v) is 4.35. The normalized spacial score (nSPS) is 12.6. The van der Waals surface area contributed by atoms with Crippen molar-refractivity contribution in [1.29, 1.82) is 0 Å². The molecule has 2 aromatic rings. The van der Waals surface area contributed by atoms with E-state index in [1.165, 1.54) is 20.9 Å². The second-order valence-corrected chi connectivity index (χ2v) is 5.34. The Morgan fingerprint density at radius 1 is 1.12 bits per heavy atom. The Morgan fingerprint density at radius 2 is 1.88 bits per heavy atom. The summed E-state index contributed by atoms with van der Waals surface area (Å²) in [5.41, 5.74) is 8.83. The molecular formula is C15H19NS. The van der Waals surface area contributed by atoms with Gasteiger partial charge in [0, 0.05) is 15.8 Å². The smallest absolute Gasteiger partial charge is 0.0387 e. The van der Waals surface area contributed by atoms with Gasteiger partial charge >= 0.3 is 0 Å². The molecule has 1 atom stereocenters. The molecule has 2 N–H and O–H groups in total. The lowest BCUT2D eigenvalue weighted by molar-refractivity contribution is 0.712. The molecule has 0 saturated carbocycles. The first-order valence-electron chi connectivity index (χ1n) is 6.19. The van der Waals surface area contributed by atoms with Crippen LogP contribution in [0.2, 0.25) is 0 Å².